The van der Waals surface area contributed by atoms with Crippen LogP contribution in [0.3, 0.4) is 0 Å². The van der Waals surface area contributed by atoms with Crippen LogP contribution in [0.25, 0.3) is 0 Å². The van der Waals surface area contributed by atoms with Gasteiger partial charge < -0.3 is 9.47 Å². The maximum atomic E-state index is 11.1. The molecule has 4 heteroatoms. The second-order valence-electron chi connectivity index (χ2n) is 4.91. The summed E-state index contributed by atoms with van der Waals surface area (Å²) in [6, 6.07) is 0. The van der Waals surface area contributed by atoms with Crippen LogP contribution < -0.4 is 0 Å². The highest BCUT2D eigenvalue weighted by Crippen LogP contribution is 2.37. The van der Waals surface area contributed by atoms with E-state index in [2.05, 4.69) is 12.2 Å². The molecule has 0 spiro atoms. The van der Waals surface area contributed by atoms with E-state index in [4.69, 9.17) is 9.47 Å². The van der Waals surface area contributed by atoms with Gasteiger partial charge in [0.2, 0.25) is 0 Å². The van der Waals surface area contributed by atoms with E-state index in [1.165, 1.54) is 13.8 Å². The molecular weight excluding hydrogens is 220 g/mol. The SMILES string of the molecule is CC(=O)O[C@H]1C[C@@H]2C=C[C@@H](C2)C[C@H]1OC(C)=O. The van der Waals surface area contributed by atoms with Crippen molar-refractivity contribution in [1.29, 1.82) is 0 Å². The van der Waals surface area contributed by atoms with Gasteiger partial charge in [0, 0.05) is 13.8 Å². The second kappa shape index (κ2) is 4.90. The zero-order valence-electron chi connectivity index (χ0n) is 10.2. The monoisotopic (exact) mass is 238 g/mol. The lowest BCUT2D eigenvalue weighted by Gasteiger charge is -2.26. The Labute approximate surface area is 101 Å². The largest absolute Gasteiger partial charge is 0.459 e. The number of allylic oxidation sites excluding steroid dienone is 2. The average molecular weight is 238 g/mol. The van der Waals surface area contributed by atoms with Gasteiger partial charge in [0.25, 0.3) is 0 Å². The van der Waals surface area contributed by atoms with Crippen molar-refractivity contribution in [2.45, 2.75) is 45.3 Å². The average Bonchev–Trinajstić information content (AvgIpc) is 2.55. The van der Waals surface area contributed by atoms with Crippen molar-refractivity contribution in [2.24, 2.45) is 11.8 Å². The minimum atomic E-state index is -0.311. The summed E-state index contributed by atoms with van der Waals surface area (Å²) < 4.78 is 10.6. The van der Waals surface area contributed by atoms with Crippen LogP contribution in [-0.2, 0) is 19.1 Å². The maximum Gasteiger partial charge on any atom is 0.303 e. The molecule has 0 aromatic heterocycles. The number of hydrogen-bond acceptors (Lipinski definition) is 4. The molecule has 2 rings (SSSR count). The Morgan fingerprint density at radius 1 is 0.882 bits per heavy atom. The minimum Gasteiger partial charge on any atom is -0.459 e. The van der Waals surface area contributed by atoms with Crippen LogP contribution in [0.15, 0.2) is 12.2 Å². The fourth-order valence-corrected chi connectivity index (χ4v) is 2.78. The van der Waals surface area contributed by atoms with Crippen LogP contribution in [0, 0.1) is 11.8 Å². The lowest BCUT2D eigenvalue weighted by Crippen LogP contribution is -2.35. The van der Waals surface area contributed by atoms with Gasteiger partial charge in [-0.3, -0.25) is 9.59 Å². The molecule has 0 aliphatic heterocycles. The van der Waals surface area contributed by atoms with Gasteiger partial charge in [-0.15, -0.1) is 0 Å². The summed E-state index contributed by atoms with van der Waals surface area (Å²) in [7, 11) is 0. The molecule has 0 heterocycles. The Balaban J connectivity index is 2.09. The Bertz CT molecular complexity index is 315. The zero-order chi connectivity index (χ0) is 12.4. The van der Waals surface area contributed by atoms with E-state index in [-0.39, 0.29) is 24.1 Å². The quantitative estimate of drug-likeness (QED) is 0.544. The van der Waals surface area contributed by atoms with Crippen molar-refractivity contribution >= 4 is 11.9 Å². The molecule has 0 aromatic rings. The molecule has 2 aliphatic carbocycles. The van der Waals surface area contributed by atoms with Crippen molar-refractivity contribution in [3.63, 3.8) is 0 Å². The number of hydrogen-bond donors (Lipinski definition) is 0. The van der Waals surface area contributed by atoms with E-state index in [1.54, 1.807) is 0 Å². The number of ether oxygens (including phenoxy) is 2. The second-order valence-corrected chi connectivity index (χ2v) is 4.91. The molecule has 2 aliphatic rings. The smallest absolute Gasteiger partial charge is 0.303 e. The minimum absolute atomic E-state index is 0.295. The summed E-state index contributed by atoms with van der Waals surface area (Å²) in [5, 5.41) is 0. The molecule has 1 saturated carbocycles. The highest BCUT2D eigenvalue weighted by molar-refractivity contribution is 5.67. The van der Waals surface area contributed by atoms with Crippen molar-refractivity contribution < 1.29 is 19.1 Å². The van der Waals surface area contributed by atoms with Crippen LogP contribution in [0.4, 0.5) is 0 Å². The molecule has 4 atom stereocenters. The van der Waals surface area contributed by atoms with Gasteiger partial charge in [0.1, 0.15) is 12.2 Å². The first-order valence-corrected chi connectivity index (χ1v) is 6.07. The van der Waals surface area contributed by atoms with Gasteiger partial charge in [-0.25, -0.2) is 0 Å². The standard InChI is InChI=1S/C13H18O4/c1-8(14)16-12-6-10-3-4-11(5-10)7-13(12)17-9(2)15/h3-4,10-13H,5-7H2,1-2H3/t10-,11+,12+,13-. The van der Waals surface area contributed by atoms with Gasteiger partial charge in [-0.2, -0.15) is 0 Å². The highest BCUT2D eigenvalue weighted by atomic mass is 16.6. The third-order valence-electron chi connectivity index (χ3n) is 3.38. The Morgan fingerprint density at radius 2 is 1.29 bits per heavy atom. The van der Waals surface area contributed by atoms with Gasteiger partial charge in [-0.05, 0) is 31.1 Å². The molecule has 4 nitrogen and oxygen atoms in total. The Morgan fingerprint density at radius 3 is 1.65 bits per heavy atom. The first-order valence-electron chi connectivity index (χ1n) is 6.07. The van der Waals surface area contributed by atoms with E-state index >= 15 is 0 Å². The Hall–Kier alpha value is -1.32. The molecule has 0 radical (unpaired) electrons. The molecule has 0 unspecified atom stereocenters. The topological polar surface area (TPSA) is 52.6 Å². The number of rotatable bonds is 2. The van der Waals surface area contributed by atoms with E-state index in [0.29, 0.717) is 11.8 Å². The fraction of sp³-hybridized carbons (Fsp3) is 0.692. The van der Waals surface area contributed by atoms with Gasteiger partial charge in [0.15, 0.2) is 0 Å². The third kappa shape index (κ3) is 3.08. The number of carbonyl (C=O) groups excluding carboxylic acids is 2. The lowest BCUT2D eigenvalue weighted by atomic mass is 10.00. The van der Waals surface area contributed by atoms with Crippen molar-refractivity contribution in [3.05, 3.63) is 12.2 Å². The number of fused-ring (bicyclic) bond motifs is 2. The van der Waals surface area contributed by atoms with E-state index in [1.807, 2.05) is 0 Å². The van der Waals surface area contributed by atoms with Crippen LogP contribution in [-0.4, -0.2) is 24.1 Å². The molecule has 1 fully saturated rings. The van der Waals surface area contributed by atoms with Gasteiger partial charge in [0.05, 0.1) is 0 Å². The van der Waals surface area contributed by atoms with Gasteiger partial charge >= 0.3 is 11.9 Å². The molecule has 0 N–H and O–H groups in total. The first-order chi connectivity index (χ1) is 8.04. The predicted octanol–water partition coefficient (Wildman–Crippen LogP) is 1.84. The van der Waals surface area contributed by atoms with E-state index in [0.717, 1.165) is 19.3 Å². The molecule has 17 heavy (non-hydrogen) atoms. The summed E-state index contributed by atoms with van der Waals surface area (Å²) >= 11 is 0. The maximum absolute atomic E-state index is 11.1. The van der Waals surface area contributed by atoms with Crippen LogP contribution in [0.2, 0.25) is 0 Å². The van der Waals surface area contributed by atoms with Crippen molar-refractivity contribution in [2.75, 3.05) is 0 Å². The zero-order valence-corrected chi connectivity index (χ0v) is 10.2. The van der Waals surface area contributed by atoms with Crippen LogP contribution in [0.5, 0.6) is 0 Å². The summed E-state index contributed by atoms with van der Waals surface area (Å²) in [6.07, 6.45) is 6.37. The Kier molecular flexibility index (Phi) is 3.50. The highest BCUT2D eigenvalue weighted by Gasteiger charge is 2.37. The van der Waals surface area contributed by atoms with Crippen LogP contribution in [0.1, 0.15) is 33.1 Å². The van der Waals surface area contributed by atoms with Crippen LogP contribution >= 0.6 is 0 Å². The lowest BCUT2D eigenvalue weighted by molar-refractivity contribution is -0.166. The number of carbonyl (C=O) groups is 2. The summed E-state index contributed by atoms with van der Waals surface area (Å²) in [5.41, 5.74) is 0. The number of esters is 2. The summed E-state index contributed by atoms with van der Waals surface area (Å²) in [6.45, 7) is 2.79. The van der Waals surface area contributed by atoms with Crippen molar-refractivity contribution in [1.82, 2.24) is 0 Å². The molecule has 94 valence electrons. The summed E-state index contributed by atoms with van der Waals surface area (Å²) in [4.78, 5) is 22.2. The van der Waals surface area contributed by atoms with E-state index < -0.39 is 0 Å². The first kappa shape index (κ1) is 12.1. The fourth-order valence-electron chi connectivity index (χ4n) is 2.78. The van der Waals surface area contributed by atoms with Gasteiger partial charge in [-0.1, -0.05) is 12.2 Å². The molecule has 0 saturated heterocycles. The van der Waals surface area contributed by atoms with E-state index in [9.17, 15) is 9.59 Å². The molecule has 0 amide bonds. The normalized spacial score (nSPS) is 35.2. The molecule has 0 aromatic carbocycles. The predicted molar refractivity (Wildman–Crippen MR) is 61.1 cm³/mol. The summed E-state index contributed by atoms with van der Waals surface area (Å²) in [5.74, 6) is 0.276. The third-order valence-corrected chi connectivity index (χ3v) is 3.38. The van der Waals surface area contributed by atoms with Crippen molar-refractivity contribution in [3.8, 4) is 0 Å². The molecule has 2 bridgehead atoms. The molecular formula is C13H18O4.